The van der Waals surface area contributed by atoms with E-state index in [4.69, 9.17) is 0 Å². The lowest BCUT2D eigenvalue weighted by Gasteiger charge is -2.30. The molecule has 1 saturated heterocycles. The van der Waals surface area contributed by atoms with Crippen LogP contribution in [0.25, 0.3) is 0 Å². The quantitative estimate of drug-likeness (QED) is 0.703. The van der Waals surface area contributed by atoms with Crippen molar-refractivity contribution in [2.45, 2.75) is 39.5 Å². The van der Waals surface area contributed by atoms with Crippen LogP contribution in [0.15, 0.2) is 0 Å². The number of hydrogen-bond acceptors (Lipinski definition) is 2. The van der Waals surface area contributed by atoms with Gasteiger partial charge in [-0.05, 0) is 18.8 Å². The van der Waals surface area contributed by atoms with Crippen LogP contribution < -0.4 is 5.32 Å². The molecule has 1 rings (SSSR count). The van der Waals surface area contributed by atoms with Crippen molar-refractivity contribution in [2.24, 2.45) is 5.92 Å². The van der Waals surface area contributed by atoms with E-state index in [2.05, 4.69) is 24.1 Å². The highest BCUT2D eigenvalue weighted by Gasteiger charge is 2.14. The fourth-order valence-electron chi connectivity index (χ4n) is 2.40. The summed E-state index contributed by atoms with van der Waals surface area (Å²) in [6.07, 6.45) is 5.52. The number of nitrogens with one attached hydrogen (secondary N) is 1. The van der Waals surface area contributed by atoms with Crippen LogP contribution in [0.3, 0.4) is 0 Å². The summed E-state index contributed by atoms with van der Waals surface area (Å²) in [4.78, 5) is 2.63. The Morgan fingerprint density at radius 2 is 1.64 bits per heavy atom. The van der Waals surface area contributed by atoms with Crippen LogP contribution in [0.4, 0.5) is 0 Å². The summed E-state index contributed by atoms with van der Waals surface area (Å²) in [5.74, 6) is 0.947. The molecule has 0 radical (unpaired) electrons. The van der Waals surface area contributed by atoms with Gasteiger partial charge < -0.3 is 10.2 Å². The second-order valence-corrected chi connectivity index (χ2v) is 4.49. The second kappa shape index (κ2) is 7.24. The first kappa shape index (κ1) is 12.0. The molecule has 0 bridgehead atoms. The molecule has 84 valence electrons. The van der Waals surface area contributed by atoms with Gasteiger partial charge >= 0.3 is 0 Å². The third kappa shape index (κ3) is 4.43. The van der Waals surface area contributed by atoms with E-state index in [1.165, 1.54) is 58.4 Å². The maximum absolute atomic E-state index is 3.41. The molecule has 0 aromatic rings. The fraction of sp³-hybridized carbons (Fsp3) is 1.00. The molecule has 2 heteroatoms. The zero-order valence-corrected chi connectivity index (χ0v) is 9.89. The molecule has 1 aliphatic heterocycles. The van der Waals surface area contributed by atoms with Crippen LogP contribution in [-0.4, -0.2) is 37.6 Å². The predicted octanol–water partition coefficient (Wildman–Crippen LogP) is 2.11. The molecule has 0 unspecified atom stereocenters. The van der Waals surface area contributed by atoms with Crippen LogP contribution in [0.2, 0.25) is 0 Å². The third-order valence-electron chi connectivity index (χ3n) is 3.12. The molecule has 1 fully saturated rings. The lowest BCUT2D eigenvalue weighted by Crippen LogP contribution is -2.45. The summed E-state index contributed by atoms with van der Waals surface area (Å²) in [6.45, 7) is 10.8. The van der Waals surface area contributed by atoms with Crippen LogP contribution in [0.1, 0.15) is 39.5 Å². The van der Waals surface area contributed by atoms with E-state index in [0.717, 1.165) is 5.92 Å². The van der Waals surface area contributed by atoms with Gasteiger partial charge in [0.05, 0.1) is 0 Å². The van der Waals surface area contributed by atoms with E-state index in [1.54, 1.807) is 0 Å². The van der Waals surface area contributed by atoms with Gasteiger partial charge in [0, 0.05) is 32.7 Å². The average molecular weight is 198 g/mol. The minimum absolute atomic E-state index is 0.947. The van der Waals surface area contributed by atoms with E-state index in [1.807, 2.05) is 0 Å². The smallest absolute Gasteiger partial charge is 0.0107 e. The largest absolute Gasteiger partial charge is 0.314 e. The first-order valence-electron chi connectivity index (χ1n) is 6.29. The number of nitrogens with zero attached hydrogens (tertiary/aromatic N) is 1. The summed E-state index contributed by atoms with van der Waals surface area (Å²) in [5, 5.41) is 3.41. The highest BCUT2D eigenvalue weighted by molar-refractivity contribution is 4.71. The molecule has 1 heterocycles. The molecule has 1 N–H and O–H groups in total. The Bertz CT molecular complexity index is 124. The Morgan fingerprint density at radius 1 is 1.07 bits per heavy atom. The maximum atomic E-state index is 3.41. The van der Waals surface area contributed by atoms with Gasteiger partial charge in [-0.25, -0.2) is 0 Å². The molecule has 0 saturated carbocycles. The molecule has 0 amide bonds. The van der Waals surface area contributed by atoms with Crippen LogP contribution in [0, 0.1) is 5.92 Å². The lowest BCUT2D eigenvalue weighted by molar-refractivity contribution is 0.194. The molecule has 2 nitrogen and oxygen atoms in total. The highest BCUT2D eigenvalue weighted by Crippen LogP contribution is 2.15. The average Bonchev–Trinajstić information content (AvgIpc) is 2.20. The number of piperazine rings is 1. The van der Waals surface area contributed by atoms with E-state index in [9.17, 15) is 0 Å². The van der Waals surface area contributed by atoms with Gasteiger partial charge in [0.15, 0.2) is 0 Å². The Morgan fingerprint density at radius 3 is 2.14 bits per heavy atom. The first-order chi connectivity index (χ1) is 6.86. The van der Waals surface area contributed by atoms with Crippen LogP contribution in [0.5, 0.6) is 0 Å². The van der Waals surface area contributed by atoms with E-state index < -0.39 is 0 Å². The van der Waals surface area contributed by atoms with Crippen LogP contribution in [-0.2, 0) is 0 Å². The molecule has 0 aromatic carbocycles. The minimum atomic E-state index is 0.947. The van der Waals surface area contributed by atoms with Crippen molar-refractivity contribution in [1.29, 1.82) is 0 Å². The monoisotopic (exact) mass is 198 g/mol. The van der Waals surface area contributed by atoms with E-state index in [0.29, 0.717) is 0 Å². The van der Waals surface area contributed by atoms with Gasteiger partial charge in [-0.15, -0.1) is 0 Å². The summed E-state index contributed by atoms with van der Waals surface area (Å²) in [5.41, 5.74) is 0. The van der Waals surface area contributed by atoms with Crippen molar-refractivity contribution >= 4 is 0 Å². The molecular weight excluding hydrogens is 172 g/mol. The predicted molar refractivity (Wildman–Crippen MR) is 62.6 cm³/mol. The summed E-state index contributed by atoms with van der Waals surface area (Å²) < 4.78 is 0. The van der Waals surface area contributed by atoms with Crippen molar-refractivity contribution in [3.8, 4) is 0 Å². The third-order valence-corrected chi connectivity index (χ3v) is 3.12. The van der Waals surface area contributed by atoms with Crippen molar-refractivity contribution in [3.05, 3.63) is 0 Å². The molecule has 0 atom stereocenters. The highest BCUT2D eigenvalue weighted by atomic mass is 15.2. The SMILES string of the molecule is CCCC(CCC)CN1CCNCC1. The summed E-state index contributed by atoms with van der Waals surface area (Å²) in [6, 6.07) is 0. The number of hydrogen-bond donors (Lipinski definition) is 1. The minimum Gasteiger partial charge on any atom is -0.314 e. The molecule has 0 aromatic heterocycles. The summed E-state index contributed by atoms with van der Waals surface area (Å²) >= 11 is 0. The Labute approximate surface area is 89.1 Å². The van der Waals surface area contributed by atoms with Gasteiger partial charge in [-0.2, -0.15) is 0 Å². The van der Waals surface area contributed by atoms with Gasteiger partial charge in [0.1, 0.15) is 0 Å². The Balaban J connectivity index is 2.21. The Hall–Kier alpha value is -0.0800. The normalized spacial score (nSPS) is 19.1. The Kier molecular flexibility index (Phi) is 6.20. The summed E-state index contributed by atoms with van der Waals surface area (Å²) in [7, 11) is 0. The second-order valence-electron chi connectivity index (χ2n) is 4.49. The maximum Gasteiger partial charge on any atom is 0.0107 e. The van der Waals surface area contributed by atoms with Crippen molar-refractivity contribution < 1.29 is 0 Å². The standard InChI is InChI=1S/C12H26N2/c1-3-5-12(6-4-2)11-14-9-7-13-8-10-14/h12-13H,3-11H2,1-2H3. The molecule has 0 spiro atoms. The molecule has 0 aliphatic carbocycles. The van der Waals surface area contributed by atoms with Gasteiger partial charge in [0.25, 0.3) is 0 Å². The molecule has 14 heavy (non-hydrogen) atoms. The molecule has 1 aliphatic rings. The van der Waals surface area contributed by atoms with Gasteiger partial charge in [0.2, 0.25) is 0 Å². The zero-order chi connectivity index (χ0) is 10.2. The van der Waals surface area contributed by atoms with Gasteiger partial charge in [-0.3, -0.25) is 0 Å². The number of rotatable bonds is 6. The van der Waals surface area contributed by atoms with E-state index >= 15 is 0 Å². The molecular formula is C12H26N2. The van der Waals surface area contributed by atoms with Crippen molar-refractivity contribution in [3.63, 3.8) is 0 Å². The van der Waals surface area contributed by atoms with Crippen LogP contribution >= 0.6 is 0 Å². The first-order valence-corrected chi connectivity index (χ1v) is 6.29. The zero-order valence-electron chi connectivity index (χ0n) is 9.89. The topological polar surface area (TPSA) is 15.3 Å². The van der Waals surface area contributed by atoms with Gasteiger partial charge in [-0.1, -0.05) is 26.7 Å². The fourth-order valence-corrected chi connectivity index (χ4v) is 2.40. The van der Waals surface area contributed by atoms with E-state index in [-0.39, 0.29) is 0 Å². The van der Waals surface area contributed by atoms with Crippen molar-refractivity contribution in [2.75, 3.05) is 32.7 Å². The lowest BCUT2D eigenvalue weighted by atomic mass is 9.97. The van der Waals surface area contributed by atoms with Crippen molar-refractivity contribution in [1.82, 2.24) is 10.2 Å².